The zero-order chi connectivity index (χ0) is 17.7. The first-order valence-electron chi connectivity index (χ1n) is 8.45. The highest BCUT2D eigenvalue weighted by atomic mass is 32.1. The number of rotatable bonds is 4. The van der Waals surface area contributed by atoms with E-state index in [9.17, 15) is 9.59 Å². The Kier molecular flexibility index (Phi) is 6.21. The van der Waals surface area contributed by atoms with Gasteiger partial charge in [0.1, 0.15) is 0 Å². The fourth-order valence-electron chi connectivity index (χ4n) is 2.59. The van der Waals surface area contributed by atoms with Crippen LogP contribution in [0, 0.1) is 5.92 Å². The molecule has 1 saturated heterocycles. The number of hydrogen-bond acceptors (Lipinski definition) is 5. The van der Waals surface area contributed by atoms with Gasteiger partial charge in [-0.1, -0.05) is 20.8 Å². The van der Waals surface area contributed by atoms with E-state index in [-0.39, 0.29) is 23.3 Å². The Morgan fingerprint density at radius 2 is 2.04 bits per heavy atom. The summed E-state index contributed by atoms with van der Waals surface area (Å²) in [5.74, 6) is -0.225. The largest absolute Gasteiger partial charge is 0.466 e. The van der Waals surface area contributed by atoms with Crippen LogP contribution in [0.1, 0.15) is 51.2 Å². The third-order valence-electron chi connectivity index (χ3n) is 4.02. The van der Waals surface area contributed by atoms with Crippen LogP contribution in [0.25, 0.3) is 0 Å². The van der Waals surface area contributed by atoms with Crippen molar-refractivity contribution < 1.29 is 14.3 Å². The molecule has 0 unspecified atom stereocenters. The smallest absolute Gasteiger partial charge is 0.317 e. The van der Waals surface area contributed by atoms with E-state index in [1.54, 1.807) is 16.2 Å². The fourth-order valence-corrected chi connectivity index (χ4v) is 3.50. The van der Waals surface area contributed by atoms with Gasteiger partial charge in [-0.05, 0) is 19.8 Å². The number of thiazole rings is 1. The third-order valence-corrected chi connectivity index (χ3v) is 5.33. The van der Waals surface area contributed by atoms with Gasteiger partial charge in [0.2, 0.25) is 0 Å². The Bertz CT molecular complexity index is 572. The summed E-state index contributed by atoms with van der Waals surface area (Å²) in [6, 6.07) is -0.0948. The minimum Gasteiger partial charge on any atom is -0.466 e. The van der Waals surface area contributed by atoms with Gasteiger partial charge in [-0.15, -0.1) is 11.3 Å². The number of esters is 1. The maximum atomic E-state index is 12.3. The predicted octanol–water partition coefficient (Wildman–Crippen LogP) is 2.93. The second kappa shape index (κ2) is 7.96. The summed E-state index contributed by atoms with van der Waals surface area (Å²) in [5, 5.41) is 5.98. The van der Waals surface area contributed by atoms with Crippen LogP contribution in [0.5, 0.6) is 0 Å². The minimum atomic E-state index is -0.144. The molecule has 1 fully saturated rings. The van der Waals surface area contributed by atoms with E-state index in [4.69, 9.17) is 4.74 Å². The van der Waals surface area contributed by atoms with Gasteiger partial charge in [-0.2, -0.15) is 0 Å². The summed E-state index contributed by atoms with van der Waals surface area (Å²) in [5.41, 5.74) is 0.918. The predicted molar refractivity (Wildman–Crippen MR) is 94.0 cm³/mol. The highest BCUT2D eigenvalue weighted by molar-refractivity contribution is 7.09. The van der Waals surface area contributed by atoms with Crippen molar-refractivity contribution in [1.29, 1.82) is 0 Å². The van der Waals surface area contributed by atoms with Crippen LogP contribution < -0.4 is 5.32 Å². The number of urea groups is 1. The number of hydrogen-bond donors (Lipinski definition) is 1. The van der Waals surface area contributed by atoms with E-state index >= 15 is 0 Å². The van der Waals surface area contributed by atoms with Crippen molar-refractivity contribution in [2.24, 2.45) is 5.92 Å². The molecule has 1 aliphatic heterocycles. The van der Waals surface area contributed by atoms with Crippen LogP contribution in [0.3, 0.4) is 0 Å². The van der Waals surface area contributed by atoms with E-state index in [1.165, 1.54) is 0 Å². The van der Waals surface area contributed by atoms with E-state index < -0.39 is 0 Å². The molecule has 7 heteroatoms. The minimum absolute atomic E-state index is 0.0297. The average molecular weight is 353 g/mol. The topological polar surface area (TPSA) is 71.5 Å². The molecule has 0 spiro atoms. The van der Waals surface area contributed by atoms with Crippen molar-refractivity contribution in [3.05, 3.63) is 16.1 Å². The molecule has 2 rings (SSSR count). The van der Waals surface area contributed by atoms with Crippen LogP contribution in [-0.2, 0) is 21.5 Å². The Labute approximate surface area is 147 Å². The van der Waals surface area contributed by atoms with Crippen molar-refractivity contribution in [1.82, 2.24) is 15.2 Å². The first kappa shape index (κ1) is 18.7. The van der Waals surface area contributed by atoms with Gasteiger partial charge in [0, 0.05) is 23.9 Å². The number of amides is 2. The zero-order valence-corrected chi connectivity index (χ0v) is 15.7. The summed E-state index contributed by atoms with van der Waals surface area (Å²) < 4.78 is 5.05. The molecule has 6 nitrogen and oxygen atoms in total. The fraction of sp³-hybridized carbons (Fsp3) is 0.706. The number of nitrogens with one attached hydrogen (secondary N) is 1. The molecule has 0 atom stereocenters. The molecule has 0 radical (unpaired) electrons. The molecule has 0 bridgehead atoms. The maximum absolute atomic E-state index is 12.3. The second-order valence-corrected chi connectivity index (χ2v) is 7.92. The van der Waals surface area contributed by atoms with Gasteiger partial charge < -0.3 is 15.0 Å². The van der Waals surface area contributed by atoms with Gasteiger partial charge >= 0.3 is 12.0 Å². The van der Waals surface area contributed by atoms with Crippen LogP contribution in [0.15, 0.2) is 5.38 Å². The van der Waals surface area contributed by atoms with Crippen LogP contribution >= 0.6 is 11.3 Å². The molecule has 1 N–H and O–H groups in total. The maximum Gasteiger partial charge on any atom is 0.317 e. The molecular formula is C17H27N3O3S. The normalized spacial score (nSPS) is 16.1. The van der Waals surface area contributed by atoms with Gasteiger partial charge in [0.15, 0.2) is 0 Å². The lowest BCUT2D eigenvalue weighted by Gasteiger charge is -2.30. The average Bonchev–Trinajstić information content (AvgIpc) is 3.02. The van der Waals surface area contributed by atoms with Gasteiger partial charge in [0.05, 0.1) is 29.8 Å². The van der Waals surface area contributed by atoms with E-state index in [0.29, 0.717) is 39.1 Å². The molecular weight excluding hydrogens is 326 g/mol. The standard InChI is InChI=1S/C17H27N3O3S/c1-5-23-14(21)12-6-8-20(9-7-12)16(22)18-10-13-11-24-15(19-13)17(2,3)4/h11-12H,5-10H2,1-4H3,(H,18,22). The van der Waals surface area contributed by atoms with Crippen molar-refractivity contribution in [3.8, 4) is 0 Å². The number of piperidine rings is 1. The molecule has 2 amide bonds. The Morgan fingerprint density at radius 3 is 2.58 bits per heavy atom. The molecule has 2 heterocycles. The molecule has 0 aliphatic carbocycles. The first-order valence-corrected chi connectivity index (χ1v) is 9.33. The Balaban J connectivity index is 1.78. The van der Waals surface area contributed by atoms with Crippen LogP contribution in [0.4, 0.5) is 4.79 Å². The molecule has 0 saturated carbocycles. The number of ether oxygens (including phenoxy) is 1. The molecule has 1 aliphatic rings. The summed E-state index contributed by atoms with van der Waals surface area (Å²) in [4.78, 5) is 30.3. The number of nitrogens with zero attached hydrogens (tertiary/aromatic N) is 2. The lowest BCUT2D eigenvalue weighted by molar-refractivity contribution is -0.149. The molecule has 24 heavy (non-hydrogen) atoms. The lowest BCUT2D eigenvalue weighted by Crippen LogP contribution is -2.45. The molecule has 1 aromatic heterocycles. The SMILES string of the molecule is CCOC(=O)C1CCN(C(=O)NCc2csc(C(C)(C)C)n2)CC1. The second-order valence-electron chi connectivity index (χ2n) is 7.07. The van der Waals surface area contributed by atoms with E-state index in [0.717, 1.165) is 10.7 Å². The number of carbonyl (C=O) groups is 2. The zero-order valence-electron chi connectivity index (χ0n) is 14.9. The Hall–Kier alpha value is -1.63. The van der Waals surface area contributed by atoms with Crippen molar-refractivity contribution in [2.75, 3.05) is 19.7 Å². The van der Waals surface area contributed by atoms with E-state index in [2.05, 4.69) is 31.1 Å². The van der Waals surface area contributed by atoms with Crippen molar-refractivity contribution in [2.45, 2.75) is 52.5 Å². The summed E-state index contributed by atoms with van der Waals surface area (Å²) in [6.45, 7) is 10.2. The number of aromatic nitrogens is 1. The summed E-state index contributed by atoms with van der Waals surface area (Å²) in [7, 11) is 0. The van der Waals surface area contributed by atoms with Gasteiger partial charge in [0.25, 0.3) is 0 Å². The van der Waals surface area contributed by atoms with Crippen LogP contribution in [-0.4, -0.2) is 41.6 Å². The first-order chi connectivity index (χ1) is 11.3. The highest BCUT2D eigenvalue weighted by Gasteiger charge is 2.28. The number of likely N-dealkylation sites (tertiary alicyclic amines) is 1. The molecule has 134 valence electrons. The lowest BCUT2D eigenvalue weighted by atomic mass is 9.97. The molecule has 1 aromatic rings. The van der Waals surface area contributed by atoms with Crippen molar-refractivity contribution >= 4 is 23.3 Å². The van der Waals surface area contributed by atoms with Crippen molar-refractivity contribution in [3.63, 3.8) is 0 Å². The monoisotopic (exact) mass is 353 g/mol. The van der Waals surface area contributed by atoms with Gasteiger partial charge in [-0.3, -0.25) is 4.79 Å². The quantitative estimate of drug-likeness (QED) is 0.845. The highest BCUT2D eigenvalue weighted by Crippen LogP contribution is 2.25. The van der Waals surface area contributed by atoms with E-state index in [1.807, 2.05) is 12.3 Å². The van der Waals surface area contributed by atoms with Gasteiger partial charge in [-0.25, -0.2) is 9.78 Å². The van der Waals surface area contributed by atoms with Crippen LogP contribution in [0.2, 0.25) is 0 Å². The summed E-state index contributed by atoms with van der Waals surface area (Å²) in [6.07, 6.45) is 1.33. The Morgan fingerprint density at radius 1 is 1.38 bits per heavy atom. The number of carbonyl (C=O) groups excluding carboxylic acids is 2. The molecule has 0 aromatic carbocycles. The summed E-state index contributed by atoms with van der Waals surface area (Å²) >= 11 is 1.62. The third kappa shape index (κ3) is 4.93.